The molecule has 0 fully saturated rings. The second-order valence-corrected chi connectivity index (χ2v) is 9.10. The molecule has 0 saturated heterocycles. The zero-order valence-corrected chi connectivity index (χ0v) is 20.8. The lowest BCUT2D eigenvalue weighted by Gasteiger charge is -2.07. The maximum Gasteiger partial charge on any atom is 0.146 e. The van der Waals surface area contributed by atoms with Gasteiger partial charge in [0.25, 0.3) is 0 Å². The molecule has 4 aromatic carbocycles. The highest BCUT2D eigenvalue weighted by molar-refractivity contribution is 5.85. The Bertz CT molecular complexity index is 1350. The van der Waals surface area contributed by atoms with Crippen molar-refractivity contribution >= 4 is 10.8 Å². The largest absolute Gasteiger partial charge is 0.205 e. The van der Waals surface area contributed by atoms with E-state index in [1.807, 2.05) is 37.3 Å². The second kappa shape index (κ2) is 12.2. The number of benzene rings is 4. The zero-order valence-electron chi connectivity index (χ0n) is 20.8. The van der Waals surface area contributed by atoms with Crippen LogP contribution in [0.4, 0.5) is 4.39 Å². The van der Waals surface area contributed by atoms with Crippen LogP contribution in [0.25, 0.3) is 10.8 Å². The van der Waals surface area contributed by atoms with Crippen LogP contribution in [0.5, 0.6) is 0 Å². The minimum absolute atomic E-state index is 0.240. The van der Waals surface area contributed by atoms with Crippen LogP contribution in [0.1, 0.15) is 60.1 Å². The lowest BCUT2D eigenvalue weighted by molar-refractivity contribution is 0.636. The zero-order chi connectivity index (χ0) is 24.5. The van der Waals surface area contributed by atoms with Crippen molar-refractivity contribution in [2.75, 3.05) is 0 Å². The molecule has 0 radical (unpaired) electrons. The molecule has 0 aliphatic heterocycles. The van der Waals surface area contributed by atoms with Gasteiger partial charge in [-0.2, -0.15) is 0 Å². The van der Waals surface area contributed by atoms with E-state index < -0.39 is 0 Å². The van der Waals surface area contributed by atoms with Gasteiger partial charge in [0.1, 0.15) is 5.82 Å². The summed E-state index contributed by atoms with van der Waals surface area (Å²) in [4.78, 5) is 0. The van der Waals surface area contributed by atoms with Crippen LogP contribution in [-0.4, -0.2) is 0 Å². The molecule has 0 N–H and O–H groups in total. The average Bonchev–Trinajstić information content (AvgIpc) is 2.89. The van der Waals surface area contributed by atoms with Crippen LogP contribution in [0, 0.1) is 17.7 Å². The number of halogens is 1. The molecule has 0 unspecified atom stereocenters. The van der Waals surface area contributed by atoms with Crippen LogP contribution in [0.15, 0.2) is 91.0 Å². The molecule has 0 atom stereocenters. The van der Waals surface area contributed by atoms with Crippen LogP contribution >= 0.6 is 0 Å². The molecule has 0 saturated carbocycles. The number of fused-ring (bicyclic) bond motifs is 1. The molecule has 0 aliphatic rings. The monoisotopic (exact) mass is 460 g/mol. The smallest absolute Gasteiger partial charge is 0.146 e. The van der Waals surface area contributed by atoms with Gasteiger partial charge in [0.2, 0.25) is 0 Å². The van der Waals surface area contributed by atoms with Crippen molar-refractivity contribution in [3.63, 3.8) is 0 Å². The van der Waals surface area contributed by atoms with E-state index in [2.05, 4.69) is 73.4 Å². The van der Waals surface area contributed by atoms with Gasteiger partial charge in [-0.3, -0.25) is 0 Å². The molecule has 0 amide bonds. The van der Waals surface area contributed by atoms with Crippen LogP contribution in [0.3, 0.4) is 0 Å². The fourth-order valence-corrected chi connectivity index (χ4v) is 4.35. The van der Waals surface area contributed by atoms with Crippen molar-refractivity contribution in [1.82, 2.24) is 0 Å². The van der Waals surface area contributed by atoms with Crippen molar-refractivity contribution in [2.24, 2.45) is 0 Å². The Labute approximate surface area is 209 Å². The maximum absolute atomic E-state index is 15.2. The summed E-state index contributed by atoms with van der Waals surface area (Å²) >= 11 is 0. The minimum atomic E-state index is -0.240. The van der Waals surface area contributed by atoms with E-state index in [1.54, 1.807) is 6.07 Å². The Morgan fingerprint density at radius 3 is 2.03 bits per heavy atom. The fraction of sp³-hybridized carbons (Fsp3) is 0.235. The normalized spacial score (nSPS) is 11.1. The number of hydrogen-bond acceptors (Lipinski definition) is 0. The predicted molar refractivity (Wildman–Crippen MR) is 147 cm³/mol. The van der Waals surface area contributed by atoms with Gasteiger partial charge in [-0.25, -0.2) is 4.39 Å². The van der Waals surface area contributed by atoms with Crippen LogP contribution in [0.2, 0.25) is 0 Å². The van der Waals surface area contributed by atoms with Gasteiger partial charge in [0.05, 0.1) is 5.56 Å². The molecule has 0 spiro atoms. The maximum atomic E-state index is 15.2. The fourth-order valence-electron chi connectivity index (χ4n) is 4.35. The highest BCUT2D eigenvalue weighted by Crippen LogP contribution is 2.23. The van der Waals surface area contributed by atoms with Gasteiger partial charge in [0.15, 0.2) is 0 Å². The van der Waals surface area contributed by atoms with Gasteiger partial charge < -0.3 is 0 Å². The van der Waals surface area contributed by atoms with Crippen molar-refractivity contribution in [3.05, 3.63) is 130 Å². The molecule has 0 aromatic heterocycles. The van der Waals surface area contributed by atoms with E-state index in [9.17, 15) is 0 Å². The number of hydrogen-bond donors (Lipinski definition) is 0. The molecule has 0 heterocycles. The molecule has 4 aromatic rings. The van der Waals surface area contributed by atoms with Gasteiger partial charge in [0, 0.05) is 10.9 Å². The van der Waals surface area contributed by atoms with E-state index in [0.717, 1.165) is 43.1 Å². The van der Waals surface area contributed by atoms with E-state index in [4.69, 9.17) is 0 Å². The van der Waals surface area contributed by atoms with E-state index >= 15 is 4.39 Å². The molecular formula is C34H33F. The third-order valence-electron chi connectivity index (χ3n) is 6.41. The Morgan fingerprint density at radius 1 is 0.686 bits per heavy atom. The van der Waals surface area contributed by atoms with Crippen molar-refractivity contribution < 1.29 is 4.39 Å². The summed E-state index contributed by atoms with van der Waals surface area (Å²) in [7, 11) is 0. The number of allylic oxidation sites excluding steroid dienone is 2. The first-order valence-corrected chi connectivity index (χ1v) is 12.7. The molecule has 0 aliphatic carbocycles. The predicted octanol–water partition coefficient (Wildman–Crippen LogP) is 8.63. The number of rotatable bonds is 8. The summed E-state index contributed by atoms with van der Waals surface area (Å²) in [5.74, 6) is 5.91. The van der Waals surface area contributed by atoms with Gasteiger partial charge in [-0.15, -0.1) is 0 Å². The van der Waals surface area contributed by atoms with E-state index in [-0.39, 0.29) is 5.82 Å². The molecule has 0 bridgehead atoms. The van der Waals surface area contributed by atoms with Crippen molar-refractivity contribution in [2.45, 2.75) is 52.4 Å². The Balaban J connectivity index is 1.43. The summed E-state index contributed by atoms with van der Waals surface area (Å²) in [6, 6.07) is 27.0. The SMILES string of the molecule is C/C=C/CCc1ccc(C#Cc2ccc3cc(CCc4ccc(CCC)cc4)ccc3c2F)cc1. The summed E-state index contributed by atoms with van der Waals surface area (Å²) in [6.07, 6.45) is 10.5. The summed E-state index contributed by atoms with van der Waals surface area (Å²) in [6.45, 7) is 4.25. The summed E-state index contributed by atoms with van der Waals surface area (Å²) in [5, 5.41) is 1.55. The van der Waals surface area contributed by atoms with E-state index in [1.165, 1.54) is 28.7 Å². The Morgan fingerprint density at radius 2 is 1.31 bits per heavy atom. The summed E-state index contributed by atoms with van der Waals surface area (Å²) < 4.78 is 15.2. The van der Waals surface area contributed by atoms with Crippen molar-refractivity contribution in [1.29, 1.82) is 0 Å². The van der Waals surface area contributed by atoms with Gasteiger partial charge in [-0.05, 0) is 84.9 Å². The number of aryl methyl sites for hydroxylation is 4. The highest BCUT2D eigenvalue weighted by Gasteiger charge is 2.07. The molecule has 35 heavy (non-hydrogen) atoms. The first kappa shape index (κ1) is 24.5. The Kier molecular flexibility index (Phi) is 8.53. The van der Waals surface area contributed by atoms with Gasteiger partial charge in [-0.1, -0.05) is 98.0 Å². The van der Waals surface area contributed by atoms with Gasteiger partial charge >= 0.3 is 0 Å². The standard InChI is InChI=1S/C34H33F/c1-3-5-6-8-27-11-15-29(16-12-27)19-21-31-22-23-32-25-30(20-24-33(32)34(31)35)18-17-28-13-9-26(7-4-2)10-14-28/h3,5,9-16,20,22-25H,4,6-8,17-18H2,1-2H3/b5-3+. The summed E-state index contributed by atoms with van der Waals surface area (Å²) in [5.41, 5.74) is 6.59. The topological polar surface area (TPSA) is 0 Å². The second-order valence-electron chi connectivity index (χ2n) is 9.10. The highest BCUT2D eigenvalue weighted by atomic mass is 19.1. The quantitative estimate of drug-likeness (QED) is 0.182. The first-order chi connectivity index (χ1) is 17.2. The molecular weight excluding hydrogens is 427 g/mol. The molecule has 0 nitrogen and oxygen atoms in total. The molecule has 176 valence electrons. The van der Waals surface area contributed by atoms with Crippen LogP contribution in [-0.2, 0) is 25.7 Å². The lowest BCUT2D eigenvalue weighted by Crippen LogP contribution is -1.94. The van der Waals surface area contributed by atoms with E-state index in [0.29, 0.717) is 10.9 Å². The molecule has 1 heteroatoms. The third-order valence-corrected chi connectivity index (χ3v) is 6.41. The first-order valence-electron chi connectivity index (χ1n) is 12.7. The molecule has 4 rings (SSSR count). The van der Waals surface area contributed by atoms with Crippen LogP contribution < -0.4 is 0 Å². The average molecular weight is 461 g/mol. The third kappa shape index (κ3) is 6.71. The Hall–Kier alpha value is -3.63. The lowest BCUT2D eigenvalue weighted by atomic mass is 9.98. The minimum Gasteiger partial charge on any atom is -0.205 e. The van der Waals surface area contributed by atoms with Crippen molar-refractivity contribution in [3.8, 4) is 11.8 Å².